The summed E-state index contributed by atoms with van der Waals surface area (Å²) in [6.45, 7) is -0.303. The number of nitrogens with one attached hydrogen (secondary N) is 2. The van der Waals surface area contributed by atoms with Crippen LogP contribution in [-0.4, -0.2) is 80.7 Å². The van der Waals surface area contributed by atoms with Crippen LogP contribution in [0.3, 0.4) is 0 Å². The molecule has 2 heterocycles. The van der Waals surface area contributed by atoms with Crippen LogP contribution in [0.1, 0.15) is 48.2 Å². The first-order valence-corrected chi connectivity index (χ1v) is 14.7. The number of para-hydroxylation sites is 2. The molecular formula is C31H35F3N6O4. The summed E-state index contributed by atoms with van der Waals surface area (Å²) in [4.78, 5) is 48.3. The molecule has 10 nitrogen and oxygen atoms in total. The van der Waals surface area contributed by atoms with E-state index in [-0.39, 0.29) is 37.0 Å². The molecule has 44 heavy (non-hydrogen) atoms. The number of fused-ring (bicyclic) bond motifs is 2. The molecule has 0 radical (unpaired) electrons. The smallest absolute Gasteiger partial charge is 0.390 e. The quantitative estimate of drug-likeness (QED) is 0.260. The van der Waals surface area contributed by atoms with E-state index in [0.717, 1.165) is 12.0 Å². The fourth-order valence-electron chi connectivity index (χ4n) is 6.45. The Morgan fingerprint density at radius 2 is 1.73 bits per heavy atom. The third-order valence-corrected chi connectivity index (χ3v) is 8.55. The Bertz CT molecular complexity index is 1490. The van der Waals surface area contributed by atoms with Gasteiger partial charge in [0.15, 0.2) is 0 Å². The zero-order chi connectivity index (χ0) is 31.4. The van der Waals surface area contributed by atoms with E-state index < -0.39 is 54.5 Å². The van der Waals surface area contributed by atoms with Crippen LogP contribution in [0.5, 0.6) is 0 Å². The van der Waals surface area contributed by atoms with Crippen molar-refractivity contribution in [1.29, 1.82) is 0 Å². The minimum absolute atomic E-state index is 0.0129. The van der Waals surface area contributed by atoms with Gasteiger partial charge in [0, 0.05) is 12.6 Å². The second-order valence-electron chi connectivity index (χ2n) is 11.6. The largest absolute Gasteiger partial charge is 0.404 e. The zero-order valence-electron chi connectivity index (χ0n) is 23.9. The summed E-state index contributed by atoms with van der Waals surface area (Å²) in [7, 11) is 0. The molecule has 6 atom stereocenters. The summed E-state index contributed by atoms with van der Waals surface area (Å²) in [5, 5.41) is 16.5. The Labute approximate surface area is 252 Å². The maximum absolute atomic E-state index is 14.0. The van der Waals surface area contributed by atoms with Crippen molar-refractivity contribution < 1.29 is 32.7 Å². The molecule has 1 saturated heterocycles. The van der Waals surface area contributed by atoms with Gasteiger partial charge in [0.05, 0.1) is 35.8 Å². The number of aromatic nitrogens is 2. The lowest BCUT2D eigenvalue weighted by atomic mass is 9.99. The first-order valence-electron chi connectivity index (χ1n) is 14.7. The minimum Gasteiger partial charge on any atom is -0.390 e. The number of primary amides is 1. The van der Waals surface area contributed by atoms with E-state index in [1.54, 1.807) is 54.6 Å². The minimum atomic E-state index is -4.45. The van der Waals surface area contributed by atoms with Crippen molar-refractivity contribution >= 4 is 28.8 Å². The molecule has 1 aliphatic heterocycles. The number of halogens is 3. The number of aliphatic hydroxyl groups is 1. The number of alkyl halides is 3. The average Bonchev–Trinajstić information content (AvgIpc) is 3.59. The number of rotatable bonds is 11. The molecule has 5 N–H and O–H groups in total. The van der Waals surface area contributed by atoms with Crippen LogP contribution in [0.25, 0.3) is 11.0 Å². The molecule has 3 aromatic rings. The summed E-state index contributed by atoms with van der Waals surface area (Å²) in [6.07, 6.45) is -2.92. The van der Waals surface area contributed by atoms with Gasteiger partial charge in [-0.1, -0.05) is 48.9 Å². The Hall–Kier alpha value is -4.10. The first-order chi connectivity index (χ1) is 21.0. The topological polar surface area (TPSA) is 151 Å². The average molecular weight is 613 g/mol. The Morgan fingerprint density at radius 3 is 2.43 bits per heavy atom. The van der Waals surface area contributed by atoms with Crippen LogP contribution in [0.15, 0.2) is 60.8 Å². The van der Waals surface area contributed by atoms with E-state index in [0.29, 0.717) is 23.9 Å². The normalized spacial score (nSPS) is 22.2. The number of likely N-dealkylation sites (tertiary alicyclic amines) is 1. The van der Waals surface area contributed by atoms with Crippen molar-refractivity contribution in [3.8, 4) is 0 Å². The van der Waals surface area contributed by atoms with Gasteiger partial charge in [0.25, 0.3) is 5.91 Å². The van der Waals surface area contributed by atoms with Gasteiger partial charge in [0.2, 0.25) is 11.8 Å². The predicted molar refractivity (Wildman–Crippen MR) is 155 cm³/mol. The van der Waals surface area contributed by atoms with Crippen LogP contribution in [0, 0.1) is 5.92 Å². The number of nitrogens with two attached hydrogens (primary N) is 1. The van der Waals surface area contributed by atoms with Gasteiger partial charge < -0.3 is 21.5 Å². The summed E-state index contributed by atoms with van der Waals surface area (Å²) >= 11 is 0. The number of hydrogen-bond donors (Lipinski definition) is 4. The highest BCUT2D eigenvalue weighted by atomic mass is 19.4. The third-order valence-electron chi connectivity index (χ3n) is 8.55. The molecule has 0 unspecified atom stereocenters. The lowest BCUT2D eigenvalue weighted by Crippen LogP contribution is -2.57. The second-order valence-corrected chi connectivity index (χ2v) is 11.6. The molecule has 0 bridgehead atoms. The van der Waals surface area contributed by atoms with E-state index in [4.69, 9.17) is 5.73 Å². The van der Waals surface area contributed by atoms with E-state index in [1.807, 2.05) is 0 Å². The molecule has 234 valence electrons. The fraction of sp³-hybridized carbons (Fsp3) is 0.452. The van der Waals surface area contributed by atoms with E-state index in [1.165, 1.54) is 11.1 Å². The molecule has 13 heteroatoms. The lowest BCUT2D eigenvalue weighted by molar-refractivity contribution is -0.182. The first kappa shape index (κ1) is 31.3. The van der Waals surface area contributed by atoms with E-state index in [9.17, 15) is 32.7 Å². The number of nitrogens with zero attached hydrogens (tertiary/aromatic N) is 3. The van der Waals surface area contributed by atoms with Gasteiger partial charge in [-0.05, 0) is 49.3 Å². The SMILES string of the molecule is NC(=O)C[C@H](NC(=O)c1cnc2ccccc2n1)C(=O)N[C@@H](Cc1ccccc1)[C@H](O)CN1[C@H](C(F)(F)F)C[C@@H]2CCC[C@@H]21. The maximum Gasteiger partial charge on any atom is 0.404 e. The predicted octanol–water partition coefficient (Wildman–Crippen LogP) is 2.50. The third kappa shape index (κ3) is 7.33. The van der Waals surface area contributed by atoms with Gasteiger partial charge in [0.1, 0.15) is 17.8 Å². The molecule has 0 spiro atoms. The van der Waals surface area contributed by atoms with Gasteiger partial charge in [-0.3, -0.25) is 24.3 Å². The van der Waals surface area contributed by atoms with Crippen molar-refractivity contribution in [2.75, 3.05) is 6.54 Å². The Kier molecular flexibility index (Phi) is 9.45. The molecule has 2 aromatic carbocycles. The number of amides is 3. The number of carbonyl (C=O) groups is 3. The van der Waals surface area contributed by atoms with Gasteiger partial charge in [-0.15, -0.1) is 0 Å². The summed E-state index contributed by atoms with van der Waals surface area (Å²) in [6, 6.07) is 11.3. The van der Waals surface area contributed by atoms with Gasteiger partial charge >= 0.3 is 6.18 Å². The number of β-amino-alcohol motifs (C(OH)–C–C–N with tert-alkyl or cyclic N) is 1. The molecule has 1 aliphatic carbocycles. The van der Waals surface area contributed by atoms with Crippen LogP contribution in [0.4, 0.5) is 13.2 Å². The molecular weight excluding hydrogens is 577 g/mol. The second kappa shape index (κ2) is 13.3. The Balaban J connectivity index is 1.35. The van der Waals surface area contributed by atoms with E-state index in [2.05, 4.69) is 20.6 Å². The number of aliphatic hydroxyl groups excluding tert-OH is 1. The zero-order valence-corrected chi connectivity index (χ0v) is 23.9. The standard InChI is InChI=1S/C31H35F3N6O4/c32-31(33,34)27-14-19-9-6-12-25(19)40(27)17-26(41)22(13-18-7-2-1-3-8-18)38-29(43)23(15-28(35)42)39-30(44)24-16-36-20-10-4-5-11-21(20)37-24/h1-5,7-8,10-11,16,19,22-23,25-27,41H,6,9,12-15,17H2,(H2,35,42)(H,38,43)(H,39,44)/t19-,22-,23-,25-,26+,27-/m0/s1. The molecule has 1 saturated carbocycles. The molecule has 2 fully saturated rings. The van der Waals surface area contributed by atoms with Crippen molar-refractivity contribution in [2.24, 2.45) is 11.7 Å². The van der Waals surface area contributed by atoms with Crippen LogP contribution < -0.4 is 16.4 Å². The Morgan fingerprint density at radius 1 is 1.02 bits per heavy atom. The monoisotopic (exact) mass is 612 g/mol. The molecule has 5 rings (SSSR count). The molecule has 1 aromatic heterocycles. The lowest BCUT2D eigenvalue weighted by Gasteiger charge is -2.35. The maximum atomic E-state index is 14.0. The van der Waals surface area contributed by atoms with Crippen LogP contribution in [-0.2, 0) is 16.0 Å². The van der Waals surface area contributed by atoms with Crippen molar-refractivity contribution in [3.05, 3.63) is 72.1 Å². The van der Waals surface area contributed by atoms with Crippen LogP contribution in [0.2, 0.25) is 0 Å². The van der Waals surface area contributed by atoms with Gasteiger partial charge in [-0.25, -0.2) is 4.98 Å². The van der Waals surface area contributed by atoms with E-state index >= 15 is 0 Å². The highest BCUT2D eigenvalue weighted by molar-refractivity contribution is 5.98. The number of hydrogen-bond acceptors (Lipinski definition) is 7. The summed E-state index contributed by atoms with van der Waals surface area (Å²) < 4.78 is 42.0. The number of carbonyl (C=O) groups excluding carboxylic acids is 3. The number of benzene rings is 2. The molecule has 2 aliphatic rings. The van der Waals surface area contributed by atoms with Crippen molar-refractivity contribution in [2.45, 2.75) is 75.0 Å². The summed E-state index contributed by atoms with van der Waals surface area (Å²) in [5.74, 6) is -2.56. The molecule has 3 amide bonds. The highest BCUT2D eigenvalue weighted by Gasteiger charge is 2.54. The van der Waals surface area contributed by atoms with Crippen molar-refractivity contribution in [3.63, 3.8) is 0 Å². The highest BCUT2D eigenvalue weighted by Crippen LogP contribution is 2.46. The fourth-order valence-corrected chi connectivity index (χ4v) is 6.45. The summed E-state index contributed by atoms with van der Waals surface area (Å²) in [5.41, 5.74) is 7.03. The van der Waals surface area contributed by atoms with Crippen molar-refractivity contribution in [1.82, 2.24) is 25.5 Å². The van der Waals surface area contributed by atoms with Gasteiger partial charge in [-0.2, -0.15) is 13.2 Å². The van der Waals surface area contributed by atoms with Crippen LogP contribution >= 0.6 is 0 Å².